The molecule has 0 bridgehead atoms. The van der Waals surface area contributed by atoms with Crippen molar-refractivity contribution < 1.29 is 34.2 Å². The molecule has 0 saturated carbocycles. The number of nitrogens with one attached hydrogen (secondary N) is 1. The Kier molecular flexibility index (Phi) is 8.80. The molecule has 11 nitrogen and oxygen atoms in total. The number of amides is 3. The number of hydrogen-bond acceptors (Lipinski definition) is 6. The Morgan fingerprint density at radius 2 is 1.54 bits per heavy atom. The average molecular weight is 489 g/mol. The first kappa shape index (κ1) is 26.1. The van der Waals surface area contributed by atoms with Crippen LogP contribution >= 0.6 is 0 Å². The van der Waals surface area contributed by atoms with Gasteiger partial charge in [-0.1, -0.05) is 30.3 Å². The number of benzene rings is 1. The zero-order valence-corrected chi connectivity index (χ0v) is 19.5. The number of nitrogens with two attached hydrogens (primary N) is 1. The van der Waals surface area contributed by atoms with Gasteiger partial charge in [0.1, 0.15) is 18.1 Å². The molecule has 2 heterocycles. The first-order valence-electron chi connectivity index (χ1n) is 11.8. The van der Waals surface area contributed by atoms with Crippen LogP contribution in [0.15, 0.2) is 30.3 Å². The maximum Gasteiger partial charge on any atom is 0.326 e. The Morgan fingerprint density at radius 3 is 2.14 bits per heavy atom. The third-order valence-corrected chi connectivity index (χ3v) is 6.54. The van der Waals surface area contributed by atoms with Crippen molar-refractivity contribution >= 4 is 29.7 Å². The van der Waals surface area contributed by atoms with E-state index < -0.39 is 53.8 Å². The standard InChI is InChI=1S/C24H32N4O7/c25-16(10-11-20(29)30)22(32)27-12-4-8-18(27)21(31)26-17(14-15-6-2-1-3-7-15)23(33)28-13-5-9-19(28)24(34)35/h1-3,6-7,16-19H,4-5,8-14,25H2,(H,26,31)(H,29,30)(H,34,35). The van der Waals surface area contributed by atoms with Crippen LogP contribution < -0.4 is 11.1 Å². The molecule has 0 spiro atoms. The highest BCUT2D eigenvalue weighted by molar-refractivity contribution is 5.94. The van der Waals surface area contributed by atoms with Crippen molar-refractivity contribution in [2.75, 3.05) is 13.1 Å². The summed E-state index contributed by atoms with van der Waals surface area (Å²) in [6.45, 7) is 0.603. The van der Waals surface area contributed by atoms with Crippen molar-refractivity contribution in [2.24, 2.45) is 5.73 Å². The minimum atomic E-state index is -1.08. The van der Waals surface area contributed by atoms with Gasteiger partial charge in [0.05, 0.1) is 6.04 Å². The van der Waals surface area contributed by atoms with Crippen molar-refractivity contribution in [3.05, 3.63) is 35.9 Å². The van der Waals surface area contributed by atoms with Crippen molar-refractivity contribution in [1.29, 1.82) is 0 Å². The van der Waals surface area contributed by atoms with Crippen molar-refractivity contribution in [3.63, 3.8) is 0 Å². The molecule has 4 unspecified atom stereocenters. The largest absolute Gasteiger partial charge is 0.481 e. The van der Waals surface area contributed by atoms with E-state index in [4.69, 9.17) is 10.8 Å². The van der Waals surface area contributed by atoms with Crippen LogP contribution in [0, 0.1) is 0 Å². The molecule has 0 aromatic heterocycles. The highest BCUT2D eigenvalue weighted by atomic mass is 16.4. The molecule has 5 N–H and O–H groups in total. The van der Waals surface area contributed by atoms with E-state index in [2.05, 4.69) is 5.32 Å². The molecule has 2 aliphatic rings. The van der Waals surface area contributed by atoms with Gasteiger partial charge in [-0.15, -0.1) is 0 Å². The minimum absolute atomic E-state index is 0.0420. The van der Waals surface area contributed by atoms with Crippen LogP contribution in [-0.2, 0) is 30.4 Å². The summed E-state index contributed by atoms with van der Waals surface area (Å²) >= 11 is 0. The average Bonchev–Trinajstić information content (AvgIpc) is 3.52. The van der Waals surface area contributed by atoms with E-state index in [1.165, 1.54) is 9.80 Å². The van der Waals surface area contributed by atoms with Crippen LogP contribution in [0.3, 0.4) is 0 Å². The first-order chi connectivity index (χ1) is 16.7. The molecule has 3 amide bonds. The molecular formula is C24H32N4O7. The fourth-order valence-corrected chi connectivity index (χ4v) is 4.72. The molecule has 2 aliphatic heterocycles. The summed E-state index contributed by atoms with van der Waals surface area (Å²) in [5.41, 5.74) is 6.68. The molecule has 1 aromatic rings. The summed E-state index contributed by atoms with van der Waals surface area (Å²) in [7, 11) is 0. The summed E-state index contributed by atoms with van der Waals surface area (Å²) in [6, 6.07) is 5.28. The van der Waals surface area contributed by atoms with Crippen molar-refractivity contribution in [3.8, 4) is 0 Å². The second-order valence-electron chi connectivity index (χ2n) is 9.01. The van der Waals surface area contributed by atoms with Crippen LogP contribution in [0.5, 0.6) is 0 Å². The topological polar surface area (TPSA) is 170 Å². The summed E-state index contributed by atoms with van der Waals surface area (Å²) in [4.78, 5) is 64.5. The molecule has 4 atom stereocenters. The third kappa shape index (κ3) is 6.56. The lowest BCUT2D eigenvalue weighted by atomic mass is 10.0. The highest BCUT2D eigenvalue weighted by Gasteiger charge is 2.40. The van der Waals surface area contributed by atoms with E-state index in [0.717, 1.165) is 5.56 Å². The molecule has 2 saturated heterocycles. The Morgan fingerprint density at radius 1 is 0.943 bits per heavy atom. The number of carboxylic acid groups (broad SMARTS) is 2. The van der Waals surface area contributed by atoms with E-state index in [-0.39, 0.29) is 19.3 Å². The van der Waals surface area contributed by atoms with Crippen LogP contribution in [0.25, 0.3) is 0 Å². The number of carboxylic acids is 2. The predicted octanol–water partition coefficient (Wildman–Crippen LogP) is -0.0274. The molecule has 2 fully saturated rings. The Hall–Kier alpha value is -3.47. The zero-order valence-electron chi connectivity index (χ0n) is 19.5. The molecular weight excluding hydrogens is 456 g/mol. The van der Waals surface area contributed by atoms with Gasteiger partial charge in [-0.2, -0.15) is 0 Å². The van der Waals surface area contributed by atoms with Gasteiger partial charge in [0.2, 0.25) is 17.7 Å². The normalized spacial score (nSPS) is 21.4. The van der Waals surface area contributed by atoms with Crippen LogP contribution in [0.1, 0.15) is 44.1 Å². The molecule has 0 aliphatic carbocycles. The second-order valence-corrected chi connectivity index (χ2v) is 9.01. The monoisotopic (exact) mass is 488 g/mol. The van der Waals surface area contributed by atoms with E-state index in [1.54, 1.807) is 0 Å². The quantitative estimate of drug-likeness (QED) is 0.356. The van der Waals surface area contributed by atoms with Gasteiger partial charge in [-0.3, -0.25) is 19.2 Å². The van der Waals surface area contributed by atoms with Gasteiger partial charge >= 0.3 is 11.9 Å². The van der Waals surface area contributed by atoms with Gasteiger partial charge in [-0.05, 0) is 37.7 Å². The van der Waals surface area contributed by atoms with Gasteiger partial charge in [-0.25, -0.2) is 4.79 Å². The Balaban J connectivity index is 1.75. The summed E-state index contributed by atoms with van der Waals surface area (Å²) in [5.74, 6) is -3.63. The molecule has 190 valence electrons. The summed E-state index contributed by atoms with van der Waals surface area (Å²) in [6.07, 6.45) is 1.75. The Labute approximate surface area is 203 Å². The molecule has 0 radical (unpaired) electrons. The first-order valence-corrected chi connectivity index (χ1v) is 11.8. The highest BCUT2D eigenvalue weighted by Crippen LogP contribution is 2.22. The SMILES string of the molecule is NC(CCC(=O)O)C(=O)N1CCCC1C(=O)NC(Cc1ccccc1)C(=O)N1CCCC1C(=O)O. The second kappa shape index (κ2) is 11.8. The maximum absolute atomic E-state index is 13.4. The van der Waals surface area contributed by atoms with Gasteiger partial charge in [0.15, 0.2) is 0 Å². The molecule has 1 aromatic carbocycles. The summed E-state index contributed by atoms with van der Waals surface area (Å²) < 4.78 is 0. The van der Waals surface area contributed by atoms with Crippen molar-refractivity contribution in [2.45, 2.75) is 69.1 Å². The molecule has 35 heavy (non-hydrogen) atoms. The lowest BCUT2D eigenvalue weighted by molar-refractivity contribution is -0.149. The lowest BCUT2D eigenvalue weighted by Gasteiger charge is -2.30. The number of likely N-dealkylation sites (tertiary alicyclic amines) is 2. The lowest BCUT2D eigenvalue weighted by Crippen LogP contribution is -2.57. The van der Waals surface area contributed by atoms with Crippen LogP contribution in [0.4, 0.5) is 0 Å². The smallest absolute Gasteiger partial charge is 0.326 e. The fourth-order valence-electron chi connectivity index (χ4n) is 4.72. The van der Waals surface area contributed by atoms with E-state index in [0.29, 0.717) is 38.8 Å². The van der Waals surface area contributed by atoms with Gasteiger partial charge in [0, 0.05) is 25.9 Å². The van der Waals surface area contributed by atoms with E-state index in [1.807, 2.05) is 30.3 Å². The minimum Gasteiger partial charge on any atom is -0.481 e. The van der Waals surface area contributed by atoms with Crippen LogP contribution in [0.2, 0.25) is 0 Å². The number of carbonyl (C=O) groups is 5. The number of rotatable bonds is 10. The maximum atomic E-state index is 13.4. The molecule has 11 heteroatoms. The van der Waals surface area contributed by atoms with Crippen LogP contribution in [-0.4, -0.2) is 86.9 Å². The number of carbonyl (C=O) groups excluding carboxylic acids is 3. The number of hydrogen-bond donors (Lipinski definition) is 4. The Bertz CT molecular complexity index is 954. The van der Waals surface area contributed by atoms with Gasteiger partial charge < -0.3 is 31.1 Å². The number of aliphatic carboxylic acids is 2. The van der Waals surface area contributed by atoms with Gasteiger partial charge in [0.25, 0.3) is 0 Å². The van der Waals surface area contributed by atoms with E-state index in [9.17, 15) is 29.1 Å². The zero-order chi connectivity index (χ0) is 25.5. The predicted molar refractivity (Wildman–Crippen MR) is 124 cm³/mol. The number of nitrogens with zero attached hydrogens (tertiary/aromatic N) is 2. The van der Waals surface area contributed by atoms with E-state index >= 15 is 0 Å². The fraction of sp³-hybridized carbons (Fsp3) is 0.542. The van der Waals surface area contributed by atoms with Crippen molar-refractivity contribution in [1.82, 2.24) is 15.1 Å². The third-order valence-electron chi connectivity index (χ3n) is 6.54. The summed E-state index contributed by atoms with van der Waals surface area (Å²) in [5, 5.41) is 21.1. The molecule has 3 rings (SSSR count).